The molecule has 1 heterocycles. The maximum atomic E-state index is 5.86. The maximum absolute atomic E-state index is 5.86. The zero-order valence-electron chi connectivity index (χ0n) is 10.9. The Kier molecular flexibility index (Phi) is 3.33. The van der Waals surface area contributed by atoms with Gasteiger partial charge in [0.15, 0.2) is 0 Å². The van der Waals surface area contributed by atoms with Crippen molar-refractivity contribution in [2.45, 2.75) is 26.1 Å². The average molecular weight is 317 g/mol. The average Bonchev–Trinajstić information content (AvgIpc) is 2.81. The lowest BCUT2D eigenvalue weighted by molar-refractivity contribution is 0.215. The molecule has 2 nitrogen and oxygen atoms in total. The van der Waals surface area contributed by atoms with Crippen molar-refractivity contribution in [1.82, 2.24) is 4.90 Å². The van der Waals surface area contributed by atoms with Crippen LogP contribution in [0.15, 0.2) is 46.9 Å². The maximum Gasteiger partial charge on any atom is 0.0326 e. The third kappa shape index (κ3) is 2.53. The highest BCUT2D eigenvalue weighted by molar-refractivity contribution is 9.10. The molecule has 0 amide bonds. The van der Waals surface area contributed by atoms with Gasteiger partial charge in [-0.1, -0.05) is 34.1 Å². The quantitative estimate of drug-likeness (QED) is 0.845. The predicted octanol–water partition coefficient (Wildman–Crippen LogP) is 4.11. The van der Waals surface area contributed by atoms with E-state index in [2.05, 4.69) is 64.2 Å². The Labute approximate surface area is 122 Å². The van der Waals surface area contributed by atoms with E-state index in [4.69, 9.17) is 5.73 Å². The zero-order valence-corrected chi connectivity index (χ0v) is 12.5. The summed E-state index contributed by atoms with van der Waals surface area (Å²) in [7, 11) is 0. The summed E-state index contributed by atoms with van der Waals surface area (Å²) in [6.45, 7) is 4.25. The van der Waals surface area contributed by atoms with Crippen LogP contribution >= 0.6 is 15.9 Å². The van der Waals surface area contributed by atoms with Gasteiger partial charge in [0.2, 0.25) is 0 Å². The van der Waals surface area contributed by atoms with Crippen molar-refractivity contribution in [3.63, 3.8) is 0 Å². The molecule has 2 aromatic carbocycles. The molecular weight excluding hydrogens is 300 g/mol. The number of anilines is 1. The molecular formula is C16H17BrN2. The van der Waals surface area contributed by atoms with E-state index in [0.29, 0.717) is 6.04 Å². The molecule has 0 bridgehead atoms. The largest absolute Gasteiger partial charge is 0.399 e. The molecule has 3 heteroatoms. The van der Waals surface area contributed by atoms with Crippen molar-refractivity contribution in [1.29, 1.82) is 0 Å². The minimum atomic E-state index is 0.418. The van der Waals surface area contributed by atoms with Crippen molar-refractivity contribution in [3.8, 4) is 0 Å². The molecule has 1 aliphatic heterocycles. The smallest absolute Gasteiger partial charge is 0.0326 e. The fourth-order valence-electron chi connectivity index (χ4n) is 2.67. The molecule has 1 aliphatic rings. The summed E-state index contributed by atoms with van der Waals surface area (Å²) >= 11 is 3.48. The van der Waals surface area contributed by atoms with E-state index >= 15 is 0 Å². The van der Waals surface area contributed by atoms with Gasteiger partial charge in [-0.2, -0.15) is 0 Å². The number of hydrogen-bond acceptors (Lipinski definition) is 2. The monoisotopic (exact) mass is 316 g/mol. The SMILES string of the molecule is CC(c1ccc(Br)cc1)N1Cc2ccc(N)cc2C1. The molecule has 0 aromatic heterocycles. The second-order valence-corrected chi connectivity index (χ2v) is 6.08. The summed E-state index contributed by atoms with van der Waals surface area (Å²) in [6, 6.07) is 15.2. The van der Waals surface area contributed by atoms with Gasteiger partial charge < -0.3 is 5.73 Å². The van der Waals surface area contributed by atoms with Gasteiger partial charge in [-0.15, -0.1) is 0 Å². The number of nitrogens with two attached hydrogens (primary N) is 1. The van der Waals surface area contributed by atoms with Crippen LogP contribution in [0.25, 0.3) is 0 Å². The van der Waals surface area contributed by atoms with Gasteiger partial charge in [0.1, 0.15) is 0 Å². The van der Waals surface area contributed by atoms with E-state index < -0.39 is 0 Å². The van der Waals surface area contributed by atoms with Crippen LogP contribution in [-0.2, 0) is 13.1 Å². The summed E-state index contributed by atoms with van der Waals surface area (Å²) < 4.78 is 1.13. The molecule has 1 unspecified atom stereocenters. The Morgan fingerprint density at radius 1 is 1.05 bits per heavy atom. The fraction of sp³-hybridized carbons (Fsp3) is 0.250. The second-order valence-electron chi connectivity index (χ2n) is 5.16. The van der Waals surface area contributed by atoms with Gasteiger partial charge >= 0.3 is 0 Å². The van der Waals surface area contributed by atoms with Crippen LogP contribution in [0.2, 0.25) is 0 Å². The lowest BCUT2D eigenvalue weighted by Gasteiger charge is -2.24. The normalized spacial score (nSPS) is 16.3. The van der Waals surface area contributed by atoms with Crippen molar-refractivity contribution in [2.75, 3.05) is 5.73 Å². The Balaban J connectivity index is 1.80. The topological polar surface area (TPSA) is 29.3 Å². The van der Waals surface area contributed by atoms with Gasteiger partial charge in [-0.05, 0) is 47.9 Å². The summed E-state index contributed by atoms with van der Waals surface area (Å²) in [5.41, 5.74) is 10.8. The lowest BCUT2D eigenvalue weighted by atomic mass is 10.1. The van der Waals surface area contributed by atoms with E-state index in [1.165, 1.54) is 16.7 Å². The fourth-order valence-corrected chi connectivity index (χ4v) is 2.93. The van der Waals surface area contributed by atoms with Crippen LogP contribution in [0.1, 0.15) is 29.7 Å². The summed E-state index contributed by atoms with van der Waals surface area (Å²) in [5.74, 6) is 0. The number of fused-ring (bicyclic) bond motifs is 1. The van der Waals surface area contributed by atoms with Crippen molar-refractivity contribution in [2.24, 2.45) is 0 Å². The number of rotatable bonds is 2. The van der Waals surface area contributed by atoms with Gasteiger partial charge in [-0.25, -0.2) is 0 Å². The molecule has 0 fully saturated rings. The Hall–Kier alpha value is -1.32. The first-order chi connectivity index (χ1) is 9.13. The molecule has 0 spiro atoms. The third-order valence-electron chi connectivity index (χ3n) is 3.88. The molecule has 0 radical (unpaired) electrons. The van der Waals surface area contributed by atoms with Crippen LogP contribution in [0.5, 0.6) is 0 Å². The van der Waals surface area contributed by atoms with Crippen LogP contribution in [0.3, 0.4) is 0 Å². The highest BCUT2D eigenvalue weighted by atomic mass is 79.9. The molecule has 0 saturated carbocycles. The van der Waals surface area contributed by atoms with Crippen LogP contribution in [-0.4, -0.2) is 4.90 Å². The minimum Gasteiger partial charge on any atom is -0.399 e. The minimum absolute atomic E-state index is 0.418. The lowest BCUT2D eigenvalue weighted by Crippen LogP contribution is -2.20. The number of nitrogens with zero attached hydrogens (tertiary/aromatic N) is 1. The molecule has 98 valence electrons. The van der Waals surface area contributed by atoms with E-state index in [1.54, 1.807) is 0 Å². The van der Waals surface area contributed by atoms with E-state index in [0.717, 1.165) is 23.2 Å². The number of benzene rings is 2. The summed E-state index contributed by atoms with van der Waals surface area (Å²) in [6.07, 6.45) is 0. The van der Waals surface area contributed by atoms with Crippen LogP contribution in [0, 0.1) is 0 Å². The van der Waals surface area contributed by atoms with Crippen molar-refractivity contribution in [3.05, 3.63) is 63.6 Å². The second kappa shape index (κ2) is 4.99. The molecule has 2 aromatic rings. The van der Waals surface area contributed by atoms with E-state index in [9.17, 15) is 0 Å². The van der Waals surface area contributed by atoms with Gasteiger partial charge in [0.05, 0.1) is 0 Å². The molecule has 1 atom stereocenters. The number of halogens is 1. The first kappa shape index (κ1) is 12.7. The van der Waals surface area contributed by atoms with Crippen molar-refractivity contribution >= 4 is 21.6 Å². The number of hydrogen-bond donors (Lipinski definition) is 1. The Morgan fingerprint density at radius 2 is 1.74 bits per heavy atom. The van der Waals surface area contributed by atoms with Crippen molar-refractivity contribution < 1.29 is 0 Å². The first-order valence-electron chi connectivity index (χ1n) is 6.50. The summed E-state index contributed by atoms with van der Waals surface area (Å²) in [4.78, 5) is 2.48. The van der Waals surface area contributed by atoms with E-state index in [1.807, 2.05) is 6.07 Å². The molecule has 19 heavy (non-hydrogen) atoms. The highest BCUT2D eigenvalue weighted by Gasteiger charge is 2.23. The zero-order chi connectivity index (χ0) is 13.4. The predicted molar refractivity (Wildman–Crippen MR) is 82.7 cm³/mol. The third-order valence-corrected chi connectivity index (χ3v) is 4.41. The Morgan fingerprint density at radius 3 is 2.47 bits per heavy atom. The van der Waals surface area contributed by atoms with Gasteiger partial charge in [-0.3, -0.25) is 4.90 Å². The standard InChI is InChI=1S/C16H17BrN2/c1-11(12-2-5-15(17)6-3-12)19-9-13-4-7-16(18)8-14(13)10-19/h2-8,11H,9-10,18H2,1H3. The summed E-state index contributed by atoms with van der Waals surface area (Å²) in [5, 5.41) is 0. The van der Waals surface area contributed by atoms with E-state index in [-0.39, 0.29) is 0 Å². The molecule has 0 aliphatic carbocycles. The van der Waals surface area contributed by atoms with Gasteiger partial charge in [0, 0.05) is 29.3 Å². The van der Waals surface area contributed by atoms with Crippen LogP contribution < -0.4 is 5.73 Å². The van der Waals surface area contributed by atoms with Gasteiger partial charge in [0.25, 0.3) is 0 Å². The molecule has 0 saturated heterocycles. The first-order valence-corrected chi connectivity index (χ1v) is 7.29. The molecule has 2 N–H and O–H groups in total. The Bertz CT molecular complexity index is 592. The molecule has 3 rings (SSSR count). The van der Waals surface area contributed by atoms with Crippen LogP contribution in [0.4, 0.5) is 5.69 Å². The highest BCUT2D eigenvalue weighted by Crippen LogP contribution is 2.32. The number of nitrogen functional groups attached to an aromatic ring is 1.